The number of esters is 1. The fourth-order valence-electron chi connectivity index (χ4n) is 3.18. The molecule has 158 valence electrons. The summed E-state index contributed by atoms with van der Waals surface area (Å²) in [6.07, 6.45) is -0.990. The first-order chi connectivity index (χ1) is 15.0. The van der Waals surface area contributed by atoms with E-state index in [0.717, 1.165) is 5.56 Å². The average Bonchev–Trinajstić information content (AvgIpc) is 2.82. The molecule has 1 N–H and O–H groups in total. The van der Waals surface area contributed by atoms with Crippen molar-refractivity contribution in [1.82, 2.24) is 5.32 Å². The number of amides is 1. The van der Waals surface area contributed by atoms with Crippen LogP contribution in [0.15, 0.2) is 84.9 Å². The topological polar surface area (TPSA) is 72.5 Å². The van der Waals surface area contributed by atoms with Crippen molar-refractivity contribution in [3.8, 4) is 0 Å². The lowest BCUT2D eigenvalue weighted by atomic mass is 9.98. The van der Waals surface area contributed by atoms with Crippen molar-refractivity contribution in [1.29, 1.82) is 0 Å². The summed E-state index contributed by atoms with van der Waals surface area (Å²) in [5.74, 6) is -1.25. The summed E-state index contributed by atoms with van der Waals surface area (Å²) < 4.78 is 5.36. The van der Waals surface area contributed by atoms with E-state index >= 15 is 0 Å². The molecule has 0 saturated heterocycles. The lowest BCUT2D eigenvalue weighted by Gasteiger charge is -2.17. The van der Waals surface area contributed by atoms with Gasteiger partial charge in [-0.2, -0.15) is 0 Å². The second kappa shape index (κ2) is 10.3. The van der Waals surface area contributed by atoms with E-state index < -0.39 is 12.1 Å². The highest BCUT2D eigenvalue weighted by molar-refractivity contribution is 6.14. The third-order valence-corrected chi connectivity index (χ3v) is 5.03. The van der Waals surface area contributed by atoms with E-state index in [0.29, 0.717) is 12.1 Å². The molecule has 2 atom stereocenters. The van der Waals surface area contributed by atoms with Gasteiger partial charge in [0, 0.05) is 17.7 Å². The second-order valence-corrected chi connectivity index (χ2v) is 7.35. The molecule has 0 aliphatic rings. The highest BCUT2D eigenvalue weighted by Crippen LogP contribution is 2.17. The highest BCUT2D eigenvalue weighted by Gasteiger charge is 2.23. The molecule has 0 heterocycles. The molecule has 3 aromatic carbocycles. The van der Waals surface area contributed by atoms with Crippen LogP contribution in [0.4, 0.5) is 0 Å². The van der Waals surface area contributed by atoms with Crippen molar-refractivity contribution >= 4 is 17.7 Å². The summed E-state index contributed by atoms with van der Waals surface area (Å²) in [7, 11) is 0. The Hall–Kier alpha value is -3.73. The number of benzene rings is 3. The van der Waals surface area contributed by atoms with Gasteiger partial charge in [0.25, 0.3) is 5.91 Å². The Labute approximate surface area is 182 Å². The van der Waals surface area contributed by atoms with Gasteiger partial charge in [-0.15, -0.1) is 0 Å². The van der Waals surface area contributed by atoms with Crippen molar-refractivity contribution < 1.29 is 19.1 Å². The molecule has 0 aliphatic heterocycles. The zero-order chi connectivity index (χ0) is 22.2. The zero-order valence-corrected chi connectivity index (χ0v) is 17.6. The van der Waals surface area contributed by atoms with Gasteiger partial charge < -0.3 is 10.1 Å². The first kappa shape index (κ1) is 22.0. The normalized spacial score (nSPS) is 12.5. The van der Waals surface area contributed by atoms with Gasteiger partial charge in [0.15, 0.2) is 11.9 Å². The molecule has 0 fully saturated rings. The fourth-order valence-corrected chi connectivity index (χ4v) is 3.18. The smallest absolute Gasteiger partial charge is 0.339 e. The Morgan fingerprint density at radius 2 is 1.32 bits per heavy atom. The van der Waals surface area contributed by atoms with Crippen molar-refractivity contribution in [3.05, 3.63) is 107 Å². The van der Waals surface area contributed by atoms with Gasteiger partial charge in [0.1, 0.15) is 0 Å². The van der Waals surface area contributed by atoms with E-state index in [1.807, 2.05) is 43.3 Å². The van der Waals surface area contributed by atoms with Gasteiger partial charge >= 0.3 is 5.97 Å². The Morgan fingerprint density at radius 3 is 1.97 bits per heavy atom. The summed E-state index contributed by atoms with van der Waals surface area (Å²) in [4.78, 5) is 38.0. The number of ketones is 1. The second-order valence-electron chi connectivity index (χ2n) is 7.35. The quantitative estimate of drug-likeness (QED) is 0.438. The number of carbonyl (C=O) groups excluding carboxylic acids is 3. The van der Waals surface area contributed by atoms with Gasteiger partial charge in [-0.3, -0.25) is 9.59 Å². The molecular formula is C26H25NO4. The van der Waals surface area contributed by atoms with E-state index in [1.165, 1.54) is 13.0 Å². The van der Waals surface area contributed by atoms with E-state index in [2.05, 4.69) is 5.32 Å². The van der Waals surface area contributed by atoms with Crippen molar-refractivity contribution in [2.24, 2.45) is 0 Å². The van der Waals surface area contributed by atoms with Crippen molar-refractivity contribution in [3.63, 3.8) is 0 Å². The molecular weight excluding hydrogens is 390 g/mol. The van der Waals surface area contributed by atoms with Crippen LogP contribution in [-0.4, -0.2) is 30.3 Å². The van der Waals surface area contributed by atoms with Crippen LogP contribution in [0.25, 0.3) is 0 Å². The number of nitrogens with one attached hydrogen (secondary N) is 1. The van der Waals surface area contributed by atoms with Crippen molar-refractivity contribution in [2.45, 2.75) is 25.9 Å². The van der Waals surface area contributed by atoms with Crippen LogP contribution < -0.4 is 5.32 Å². The first-order valence-corrected chi connectivity index (χ1v) is 10.2. The van der Waals surface area contributed by atoms with Crippen LogP contribution in [0.1, 0.15) is 51.6 Å². The van der Waals surface area contributed by atoms with Gasteiger partial charge in [-0.05, 0) is 24.5 Å². The Bertz CT molecular complexity index is 1050. The molecule has 5 heteroatoms. The van der Waals surface area contributed by atoms with Crippen molar-refractivity contribution in [2.75, 3.05) is 6.54 Å². The lowest BCUT2D eigenvalue weighted by Crippen LogP contribution is -2.37. The Morgan fingerprint density at radius 1 is 0.774 bits per heavy atom. The molecule has 0 saturated carbocycles. The third kappa shape index (κ3) is 5.66. The maximum absolute atomic E-state index is 12.8. The van der Waals surface area contributed by atoms with Gasteiger partial charge in [0.05, 0.1) is 5.56 Å². The minimum Gasteiger partial charge on any atom is -0.449 e. The minimum absolute atomic E-state index is 0.122. The van der Waals surface area contributed by atoms with Crippen LogP contribution in [0, 0.1) is 0 Å². The zero-order valence-electron chi connectivity index (χ0n) is 17.6. The van der Waals surface area contributed by atoms with Crippen LogP contribution in [0.5, 0.6) is 0 Å². The number of hydrogen-bond donors (Lipinski definition) is 1. The Kier molecular flexibility index (Phi) is 7.33. The minimum atomic E-state index is -0.990. The molecule has 5 nitrogen and oxygen atoms in total. The molecule has 0 unspecified atom stereocenters. The molecule has 0 aromatic heterocycles. The van der Waals surface area contributed by atoms with Crippen LogP contribution in [0.3, 0.4) is 0 Å². The standard InChI is InChI=1S/C26H25NO4/c1-18(20-11-5-3-6-12-20)17-27-25(29)19(2)31-26(30)23-16-10-9-15-22(23)24(28)21-13-7-4-8-14-21/h3-16,18-19H,17H2,1-2H3,(H,27,29)/t18-,19+/m1/s1. The number of rotatable bonds is 8. The molecule has 3 rings (SSSR count). The molecule has 0 radical (unpaired) electrons. The van der Waals surface area contributed by atoms with Crippen LogP contribution >= 0.6 is 0 Å². The third-order valence-electron chi connectivity index (χ3n) is 5.03. The fraction of sp³-hybridized carbons (Fsp3) is 0.192. The molecule has 0 bridgehead atoms. The summed E-state index contributed by atoms with van der Waals surface area (Å²) in [5, 5.41) is 2.82. The van der Waals surface area contributed by atoms with Crippen LogP contribution in [-0.2, 0) is 9.53 Å². The highest BCUT2D eigenvalue weighted by atomic mass is 16.5. The van der Waals surface area contributed by atoms with Gasteiger partial charge in [0.2, 0.25) is 0 Å². The summed E-state index contributed by atoms with van der Waals surface area (Å²) >= 11 is 0. The maximum atomic E-state index is 12.8. The predicted octanol–water partition coefficient (Wildman–Crippen LogP) is 4.38. The molecule has 3 aromatic rings. The number of hydrogen-bond acceptors (Lipinski definition) is 4. The molecule has 1 amide bonds. The number of carbonyl (C=O) groups is 3. The first-order valence-electron chi connectivity index (χ1n) is 10.2. The lowest BCUT2D eigenvalue weighted by molar-refractivity contribution is -0.129. The number of ether oxygens (including phenoxy) is 1. The Balaban J connectivity index is 1.63. The van der Waals surface area contributed by atoms with E-state index in [4.69, 9.17) is 4.74 Å². The SMILES string of the molecule is C[C@H](OC(=O)c1ccccc1C(=O)c1ccccc1)C(=O)NC[C@@H](C)c1ccccc1. The summed E-state index contributed by atoms with van der Waals surface area (Å²) in [5.41, 5.74) is 1.96. The molecule has 0 aliphatic carbocycles. The summed E-state index contributed by atoms with van der Waals surface area (Å²) in [6, 6.07) is 25.0. The summed E-state index contributed by atoms with van der Waals surface area (Å²) in [6.45, 7) is 3.95. The largest absolute Gasteiger partial charge is 0.449 e. The van der Waals surface area contributed by atoms with Gasteiger partial charge in [-0.1, -0.05) is 85.8 Å². The molecule has 0 spiro atoms. The average molecular weight is 415 g/mol. The van der Waals surface area contributed by atoms with E-state index in [9.17, 15) is 14.4 Å². The van der Waals surface area contributed by atoms with E-state index in [-0.39, 0.29) is 28.7 Å². The van der Waals surface area contributed by atoms with Gasteiger partial charge in [-0.25, -0.2) is 4.79 Å². The van der Waals surface area contributed by atoms with E-state index in [1.54, 1.807) is 42.5 Å². The maximum Gasteiger partial charge on any atom is 0.339 e. The molecule has 31 heavy (non-hydrogen) atoms. The predicted molar refractivity (Wildman–Crippen MR) is 119 cm³/mol. The van der Waals surface area contributed by atoms with Crippen LogP contribution in [0.2, 0.25) is 0 Å². The monoisotopic (exact) mass is 415 g/mol.